The number of likely N-dealkylation sites (tertiary alicyclic amines) is 1. The first kappa shape index (κ1) is 129. The predicted molar refractivity (Wildman–Crippen MR) is 544 cm³/mol. The maximum Gasteiger partial charge on any atom is 0.326 e. The average Bonchev–Trinajstić information content (AvgIpc) is 1.63. The first-order valence-corrected chi connectivity index (χ1v) is 51.2. The Balaban J connectivity index is 1.49. The highest BCUT2D eigenvalue weighted by Gasteiger charge is 2.45. The minimum Gasteiger partial charge on any atom is -0.508 e. The minimum atomic E-state index is -2.07. The van der Waals surface area contributed by atoms with E-state index in [1.54, 1.807) is 121 Å². The number of primary amides is 1. The van der Waals surface area contributed by atoms with Crippen molar-refractivity contribution in [3.8, 4) is 5.75 Å². The van der Waals surface area contributed by atoms with Gasteiger partial charge in [-0.3, -0.25) is 95.9 Å². The lowest BCUT2D eigenvalue weighted by Crippen LogP contribution is -2.63. The van der Waals surface area contributed by atoms with E-state index in [0.29, 0.717) is 29.5 Å². The predicted octanol–water partition coefficient (Wildman–Crippen LogP) is -7.66. The third-order valence-electron chi connectivity index (χ3n) is 24.0. The molecule has 1 aliphatic heterocycles. The maximum absolute atomic E-state index is 14.7. The maximum atomic E-state index is 14.7. The third kappa shape index (κ3) is 45.8. The van der Waals surface area contributed by atoms with E-state index in [-0.39, 0.29) is 120 Å². The lowest BCUT2D eigenvalue weighted by molar-refractivity contribution is -0.145. The second-order valence-electron chi connectivity index (χ2n) is 37.9. The van der Waals surface area contributed by atoms with E-state index in [9.17, 15) is 142 Å². The number of aromatic hydroxyl groups is 1. The molecule has 52 heteroatoms. The van der Waals surface area contributed by atoms with Crippen LogP contribution >= 0.6 is 11.8 Å². The molecule has 150 heavy (non-hydrogen) atoms. The topological polar surface area (TPSA) is 832 Å². The molecule has 0 spiro atoms. The monoisotopic (exact) mass is 2130 g/mol. The molecule has 1 aliphatic rings. The summed E-state index contributed by atoms with van der Waals surface area (Å²) in [5, 5.41) is 125. The standard InChI is InChI=1S/C98H152N22O29S/c1-51(2)42-67(87(137)111-70(46-58-24-15-12-16-25-58)89(139)110-66(98(148)149)27-18-20-39-100)113-95(145)80(55(8)124)118-94(144)78(53(5)6)116-90(140)68(43-52(3)4)112-93(143)73-28-21-40-120(73)97(147)81(56(9)125)119-85(135)63(33-35-74(102)127)107-91(141)71(49-121)114-83(133)62(26-17-19-38-99)106-84(134)64(34-36-77(130)131)108-92(142)72(50-122)115-96(146)79(54(7)123)117-86(136)65(37-41-150-10)109-88(138)69(45-57-22-13-11-14-23-57)105-76(129)48-103-75(128)47-104-82(132)61(101)44-59-29-31-60(126)32-30-59/h11-16,22-25,29-32,51-56,61-73,78-81,121-126H,17-21,26-28,33-50,99-101H2,1-10H3,(H2,102,127)(H,103,128)(H,104,132)(H,105,129)(H,106,134)(H,107,141)(H,108,142)(H,109,138)(H,110,139)(H,111,137)(H,112,143)(H,113,145)(H,114,133)(H,115,146)(H,116,140)(H,117,136)(H,118,144)(H,119,135)(H,130,131)(H,148,149)/t54?,55?,56?,61-,62-,63-,64-,65-,66-,67-,68-,69-,70-,71-,72-,73-,78-,79-,80-,81-/m0/s1. The van der Waals surface area contributed by atoms with Crippen molar-refractivity contribution in [2.75, 3.05) is 57.9 Å². The number of carboxylic acid groups (broad SMARTS) is 2. The summed E-state index contributed by atoms with van der Waals surface area (Å²) < 4.78 is 0. The van der Waals surface area contributed by atoms with Crippen LogP contribution in [0.15, 0.2) is 84.9 Å². The summed E-state index contributed by atoms with van der Waals surface area (Å²) in [5.74, 6) is -24.1. The zero-order chi connectivity index (χ0) is 112. The van der Waals surface area contributed by atoms with Crippen LogP contribution in [0.1, 0.15) is 175 Å². The van der Waals surface area contributed by atoms with Crippen molar-refractivity contribution in [3.05, 3.63) is 102 Å². The van der Waals surface area contributed by atoms with Crippen LogP contribution in [-0.4, -0.2) is 349 Å². The highest BCUT2D eigenvalue weighted by atomic mass is 32.2. The number of aliphatic hydroxyl groups is 5. The van der Waals surface area contributed by atoms with E-state index < -0.39 is 303 Å². The fourth-order valence-corrected chi connectivity index (χ4v) is 16.2. The van der Waals surface area contributed by atoms with E-state index in [4.69, 9.17) is 22.9 Å². The highest BCUT2D eigenvalue weighted by molar-refractivity contribution is 7.98. The molecule has 0 saturated carbocycles. The fraction of sp³-hybridized carbons (Fsp3) is 0.602. The molecule has 1 heterocycles. The number of aliphatic carboxylic acids is 2. The van der Waals surface area contributed by atoms with Gasteiger partial charge in [-0.1, -0.05) is 114 Å². The number of aliphatic hydroxyl groups excluding tert-OH is 5. The van der Waals surface area contributed by atoms with Crippen LogP contribution in [0.4, 0.5) is 0 Å². The van der Waals surface area contributed by atoms with Crippen molar-refractivity contribution in [1.29, 1.82) is 0 Å². The van der Waals surface area contributed by atoms with Gasteiger partial charge in [-0.15, -0.1) is 0 Å². The number of hydrogen-bond donors (Lipinski definition) is 29. The van der Waals surface area contributed by atoms with Gasteiger partial charge >= 0.3 is 11.9 Å². The Labute approximate surface area is 873 Å². The van der Waals surface area contributed by atoms with Gasteiger partial charge in [-0.05, 0) is 182 Å². The van der Waals surface area contributed by atoms with Gasteiger partial charge in [0.05, 0.1) is 50.7 Å². The van der Waals surface area contributed by atoms with Crippen LogP contribution in [0, 0.1) is 17.8 Å². The SMILES string of the molecule is CSCC[C@H](NC(=O)[C@H](Cc1ccccc1)NC(=O)CNC(=O)CNC(=O)[C@@H](N)Cc1ccc(O)cc1)C(=O)N[C@H](C(=O)N[C@@H](CO)C(=O)N[C@@H](CCC(=O)O)C(=O)N[C@@H](CCCCN)C(=O)N[C@@H](CO)C(=O)N[C@@H](CCC(N)=O)C(=O)N[C@H](C(=O)N1CCC[C@H]1C(=O)N[C@@H](CC(C)C)C(=O)N[C@H](C(=O)N[C@H](C(=O)N[C@@H](CC(C)C)C(=O)N[C@@H](Cc1ccccc1)C(=O)N[C@@H](CCCCN)C(=O)O)C(C)O)C(C)C)C(C)O)C(C)O. The average molecular weight is 2130 g/mol. The molecule has 0 aromatic heterocycles. The number of carboxylic acids is 2. The van der Waals surface area contributed by atoms with Crippen LogP contribution in [-0.2, 0) is 120 Å². The number of nitrogens with two attached hydrogens (primary N) is 4. The summed E-state index contributed by atoms with van der Waals surface area (Å²) in [6.07, 6.45) is -6.13. The lowest BCUT2D eigenvalue weighted by Gasteiger charge is -2.32. The Kier molecular flexibility index (Phi) is 57.2. The number of unbranched alkanes of at least 4 members (excludes halogenated alkanes) is 2. The Morgan fingerprint density at radius 1 is 0.387 bits per heavy atom. The molecule has 3 aromatic carbocycles. The van der Waals surface area contributed by atoms with Crippen molar-refractivity contribution < 1.29 is 142 Å². The van der Waals surface area contributed by atoms with E-state index in [1.165, 1.54) is 30.8 Å². The summed E-state index contributed by atoms with van der Waals surface area (Å²) in [6.45, 7) is 9.57. The molecule has 20 atom stereocenters. The smallest absolute Gasteiger partial charge is 0.326 e. The van der Waals surface area contributed by atoms with Crippen LogP contribution in [0.25, 0.3) is 0 Å². The van der Waals surface area contributed by atoms with Gasteiger partial charge in [0.1, 0.15) is 102 Å². The molecule has 834 valence electrons. The summed E-state index contributed by atoms with van der Waals surface area (Å²) in [6, 6.07) is -5.33. The van der Waals surface area contributed by atoms with Crippen molar-refractivity contribution >= 4 is 136 Å². The Morgan fingerprint density at radius 3 is 1.21 bits per heavy atom. The number of thioether (sulfide) groups is 1. The number of phenols is 1. The van der Waals surface area contributed by atoms with Gasteiger partial charge in [0, 0.05) is 32.2 Å². The second kappa shape index (κ2) is 66.7. The molecular weight excluding hydrogens is 1980 g/mol. The second-order valence-corrected chi connectivity index (χ2v) is 38.9. The first-order chi connectivity index (χ1) is 70.9. The summed E-state index contributed by atoms with van der Waals surface area (Å²) in [7, 11) is 0. The zero-order valence-corrected chi connectivity index (χ0v) is 86.9. The quantitative estimate of drug-likeness (QED) is 0.0233. The lowest BCUT2D eigenvalue weighted by atomic mass is 9.98. The Morgan fingerprint density at radius 2 is 0.753 bits per heavy atom. The first-order valence-electron chi connectivity index (χ1n) is 49.8. The van der Waals surface area contributed by atoms with Crippen LogP contribution in [0.5, 0.6) is 5.75 Å². The van der Waals surface area contributed by atoms with Gasteiger partial charge in [0.25, 0.3) is 0 Å². The number of nitrogens with zero attached hydrogens (tertiary/aromatic N) is 1. The molecule has 1 saturated heterocycles. The molecule has 51 nitrogen and oxygen atoms in total. The Hall–Kier alpha value is -13.6. The van der Waals surface area contributed by atoms with Crippen molar-refractivity contribution in [3.63, 3.8) is 0 Å². The van der Waals surface area contributed by atoms with Crippen LogP contribution in [0.3, 0.4) is 0 Å². The van der Waals surface area contributed by atoms with E-state index >= 15 is 0 Å². The number of amides is 19. The molecule has 3 aromatic rings. The molecule has 3 unspecified atom stereocenters. The van der Waals surface area contributed by atoms with Crippen LogP contribution in [0.2, 0.25) is 0 Å². The number of phenolic OH excluding ortho intramolecular Hbond substituents is 1. The van der Waals surface area contributed by atoms with Gasteiger partial charge in [-0.25, -0.2) is 4.79 Å². The summed E-state index contributed by atoms with van der Waals surface area (Å²) in [4.78, 5) is 292. The van der Waals surface area contributed by atoms with Crippen LogP contribution < -0.4 is 113 Å². The molecular formula is C98H152N22O29S. The van der Waals surface area contributed by atoms with Gasteiger partial charge < -0.3 is 159 Å². The number of rotatable bonds is 69. The Bertz CT molecular complexity index is 4970. The number of hydrogen-bond acceptors (Lipinski definition) is 31. The third-order valence-corrected chi connectivity index (χ3v) is 24.6. The number of nitrogens with one attached hydrogen (secondary N) is 17. The molecule has 0 bridgehead atoms. The van der Waals surface area contributed by atoms with Gasteiger partial charge in [0.15, 0.2) is 0 Å². The largest absolute Gasteiger partial charge is 0.508 e. The highest BCUT2D eigenvalue weighted by Crippen LogP contribution is 2.23. The number of benzene rings is 3. The van der Waals surface area contributed by atoms with E-state index in [2.05, 4.69) is 90.4 Å². The molecule has 19 amide bonds. The van der Waals surface area contributed by atoms with Crippen molar-refractivity contribution in [2.45, 2.75) is 299 Å². The summed E-state index contributed by atoms with van der Waals surface area (Å²) in [5.41, 5.74) is 24.6. The summed E-state index contributed by atoms with van der Waals surface area (Å²) >= 11 is 1.23. The molecule has 33 N–H and O–H groups in total. The zero-order valence-electron chi connectivity index (χ0n) is 86.1. The van der Waals surface area contributed by atoms with Gasteiger partial charge in [0.2, 0.25) is 112 Å². The molecule has 1 fully saturated rings. The number of carbonyl (C=O) groups excluding carboxylic acids is 19. The van der Waals surface area contributed by atoms with Crippen molar-refractivity contribution in [1.82, 2.24) is 95.3 Å². The van der Waals surface area contributed by atoms with E-state index in [0.717, 1.165) is 18.7 Å². The minimum absolute atomic E-state index is 0.000996. The molecule has 0 radical (unpaired) electrons. The van der Waals surface area contributed by atoms with Crippen molar-refractivity contribution in [2.24, 2.45) is 40.7 Å². The normalized spacial score (nSPS) is 16.1. The van der Waals surface area contributed by atoms with Gasteiger partial charge in [-0.2, -0.15) is 11.8 Å². The fourth-order valence-electron chi connectivity index (χ4n) is 15.7. The molecule has 4 rings (SSSR count). The number of carbonyl (C=O) groups is 21. The molecule has 0 aliphatic carbocycles. The van der Waals surface area contributed by atoms with E-state index in [1.807, 2.05) is 0 Å².